The van der Waals surface area contributed by atoms with E-state index in [9.17, 15) is 14.4 Å². The van der Waals surface area contributed by atoms with Crippen molar-refractivity contribution in [2.75, 3.05) is 6.54 Å². The fraction of sp³-hybridized carbons (Fsp3) is 0.550. The molecular formula is C20H26N2O6. The van der Waals surface area contributed by atoms with Crippen LogP contribution < -0.4 is 5.32 Å². The molecule has 1 N–H and O–H groups in total. The Hall–Kier alpha value is -2.61. The number of likely N-dealkylation sites (tertiary alicyclic amines) is 1. The van der Waals surface area contributed by atoms with E-state index in [1.54, 1.807) is 0 Å². The summed E-state index contributed by atoms with van der Waals surface area (Å²) in [6.07, 6.45) is -0.166. The van der Waals surface area contributed by atoms with Crippen LogP contribution in [0.4, 0.5) is 4.79 Å². The molecule has 1 aromatic rings. The Kier molecular flexibility index (Phi) is 6.51. The third kappa shape index (κ3) is 5.01. The van der Waals surface area contributed by atoms with Gasteiger partial charge < -0.3 is 19.5 Å². The molecule has 152 valence electrons. The zero-order valence-corrected chi connectivity index (χ0v) is 16.1. The Balaban J connectivity index is 1.56. The average Bonchev–Trinajstić information content (AvgIpc) is 3.27. The van der Waals surface area contributed by atoms with Crippen molar-refractivity contribution in [1.29, 1.82) is 0 Å². The second kappa shape index (κ2) is 9.05. The summed E-state index contributed by atoms with van der Waals surface area (Å²) in [5.74, 6) is -0.740. The van der Waals surface area contributed by atoms with Crippen molar-refractivity contribution in [2.24, 2.45) is 0 Å². The second-order valence-electron chi connectivity index (χ2n) is 7.25. The number of ether oxygens (including phenoxy) is 3. The monoisotopic (exact) mass is 390 g/mol. The van der Waals surface area contributed by atoms with Crippen molar-refractivity contribution in [3.05, 3.63) is 35.9 Å². The van der Waals surface area contributed by atoms with Crippen LogP contribution in [-0.2, 0) is 30.4 Å². The number of amides is 2. The Bertz CT molecular complexity index is 708. The normalized spacial score (nSPS) is 24.3. The van der Waals surface area contributed by atoms with Gasteiger partial charge in [-0.1, -0.05) is 30.3 Å². The third-order valence-corrected chi connectivity index (χ3v) is 4.69. The summed E-state index contributed by atoms with van der Waals surface area (Å²) in [5.41, 5.74) is 0.881. The standard InChI is InChI=1S/C20H26N2O6/c1-13(2)27-19-15(11-17(23)28-19)21-18(24)16-9-6-10-22(16)20(25)26-12-14-7-4-3-5-8-14/h3-5,7-8,13,15-16,19H,6,9-12H2,1-2H3,(H,21,24)/t15-,16?,19+/m0/s1. The van der Waals surface area contributed by atoms with Crippen LogP contribution in [0.2, 0.25) is 0 Å². The number of carbonyl (C=O) groups is 3. The van der Waals surface area contributed by atoms with Gasteiger partial charge in [-0.15, -0.1) is 0 Å². The summed E-state index contributed by atoms with van der Waals surface area (Å²) in [7, 11) is 0. The van der Waals surface area contributed by atoms with E-state index in [2.05, 4.69) is 5.32 Å². The van der Waals surface area contributed by atoms with Gasteiger partial charge >= 0.3 is 12.1 Å². The van der Waals surface area contributed by atoms with Crippen molar-refractivity contribution >= 4 is 18.0 Å². The van der Waals surface area contributed by atoms with Crippen LogP contribution >= 0.6 is 0 Å². The van der Waals surface area contributed by atoms with E-state index in [1.165, 1.54) is 4.90 Å². The first-order valence-electron chi connectivity index (χ1n) is 9.56. The Morgan fingerprint density at radius 2 is 2.04 bits per heavy atom. The minimum Gasteiger partial charge on any atom is -0.445 e. The van der Waals surface area contributed by atoms with Gasteiger partial charge in [-0.05, 0) is 32.3 Å². The summed E-state index contributed by atoms with van der Waals surface area (Å²) in [6, 6.07) is 8.18. The van der Waals surface area contributed by atoms with E-state index in [0.717, 1.165) is 5.56 Å². The summed E-state index contributed by atoms with van der Waals surface area (Å²) in [6.45, 7) is 4.26. The first kappa shape index (κ1) is 20.1. The fourth-order valence-corrected chi connectivity index (χ4v) is 3.38. The van der Waals surface area contributed by atoms with Crippen molar-refractivity contribution in [3.8, 4) is 0 Å². The SMILES string of the molecule is CC(C)O[C@@H]1OC(=O)C[C@@H]1NC(=O)C1CCCN1C(=O)OCc1ccccc1. The van der Waals surface area contributed by atoms with Crippen LogP contribution in [0.1, 0.15) is 38.7 Å². The first-order valence-corrected chi connectivity index (χ1v) is 9.56. The van der Waals surface area contributed by atoms with Crippen LogP contribution in [0.15, 0.2) is 30.3 Å². The molecule has 8 heteroatoms. The van der Waals surface area contributed by atoms with E-state index >= 15 is 0 Å². The molecule has 3 rings (SSSR count). The molecule has 0 spiro atoms. The lowest BCUT2D eigenvalue weighted by Crippen LogP contribution is -2.51. The zero-order chi connectivity index (χ0) is 20.1. The van der Waals surface area contributed by atoms with Crippen molar-refractivity contribution in [3.63, 3.8) is 0 Å². The summed E-state index contributed by atoms with van der Waals surface area (Å²) >= 11 is 0. The van der Waals surface area contributed by atoms with Crippen molar-refractivity contribution < 1.29 is 28.6 Å². The Morgan fingerprint density at radius 3 is 2.75 bits per heavy atom. The van der Waals surface area contributed by atoms with Crippen LogP contribution in [0.25, 0.3) is 0 Å². The lowest BCUT2D eigenvalue weighted by atomic mass is 10.1. The molecule has 2 fully saturated rings. The third-order valence-electron chi connectivity index (χ3n) is 4.69. The molecule has 2 heterocycles. The number of esters is 1. The number of rotatable bonds is 6. The molecule has 2 aliphatic heterocycles. The molecule has 0 radical (unpaired) electrons. The number of cyclic esters (lactones) is 1. The van der Waals surface area contributed by atoms with E-state index < -0.39 is 30.4 Å². The van der Waals surface area contributed by atoms with Crippen LogP contribution in [0.5, 0.6) is 0 Å². The van der Waals surface area contributed by atoms with Crippen LogP contribution in [-0.4, -0.2) is 53.9 Å². The molecule has 0 saturated carbocycles. The maximum atomic E-state index is 12.7. The van der Waals surface area contributed by atoms with Gasteiger partial charge in [0.25, 0.3) is 0 Å². The molecule has 2 saturated heterocycles. The second-order valence-corrected chi connectivity index (χ2v) is 7.25. The molecule has 2 aliphatic rings. The maximum absolute atomic E-state index is 12.7. The summed E-state index contributed by atoms with van der Waals surface area (Å²) < 4.78 is 16.0. The fourth-order valence-electron chi connectivity index (χ4n) is 3.38. The largest absolute Gasteiger partial charge is 0.445 e. The highest BCUT2D eigenvalue weighted by atomic mass is 16.7. The van der Waals surface area contributed by atoms with E-state index in [-0.39, 0.29) is 25.0 Å². The topological polar surface area (TPSA) is 94.2 Å². The van der Waals surface area contributed by atoms with Gasteiger partial charge in [-0.3, -0.25) is 14.5 Å². The molecule has 1 aromatic carbocycles. The van der Waals surface area contributed by atoms with E-state index in [4.69, 9.17) is 14.2 Å². The molecule has 0 bridgehead atoms. The molecule has 0 aliphatic carbocycles. The molecule has 0 aromatic heterocycles. The van der Waals surface area contributed by atoms with Gasteiger partial charge in [0.15, 0.2) is 0 Å². The van der Waals surface area contributed by atoms with Gasteiger partial charge in [-0.25, -0.2) is 4.79 Å². The molecule has 2 amide bonds. The number of hydrogen-bond donors (Lipinski definition) is 1. The number of nitrogens with zero attached hydrogens (tertiary/aromatic N) is 1. The van der Waals surface area contributed by atoms with Crippen LogP contribution in [0, 0.1) is 0 Å². The molecule has 1 unspecified atom stereocenters. The number of benzene rings is 1. The van der Waals surface area contributed by atoms with Gasteiger partial charge in [0.05, 0.1) is 12.5 Å². The molecule has 3 atom stereocenters. The Labute approximate surface area is 164 Å². The highest BCUT2D eigenvalue weighted by Gasteiger charge is 2.41. The average molecular weight is 390 g/mol. The highest BCUT2D eigenvalue weighted by molar-refractivity contribution is 5.87. The van der Waals surface area contributed by atoms with E-state index in [1.807, 2.05) is 44.2 Å². The molecular weight excluding hydrogens is 364 g/mol. The van der Waals surface area contributed by atoms with Gasteiger partial charge in [-0.2, -0.15) is 0 Å². The van der Waals surface area contributed by atoms with Gasteiger partial charge in [0, 0.05) is 6.54 Å². The Morgan fingerprint density at radius 1 is 1.29 bits per heavy atom. The molecule has 28 heavy (non-hydrogen) atoms. The highest BCUT2D eigenvalue weighted by Crippen LogP contribution is 2.22. The predicted octanol–water partition coefficient (Wildman–Crippen LogP) is 1.97. The number of nitrogens with one attached hydrogen (secondary N) is 1. The van der Waals surface area contributed by atoms with Crippen LogP contribution in [0.3, 0.4) is 0 Å². The van der Waals surface area contributed by atoms with Crippen molar-refractivity contribution in [1.82, 2.24) is 10.2 Å². The maximum Gasteiger partial charge on any atom is 0.410 e. The summed E-state index contributed by atoms with van der Waals surface area (Å²) in [5, 5.41) is 2.81. The smallest absolute Gasteiger partial charge is 0.410 e. The quantitative estimate of drug-likeness (QED) is 0.747. The lowest BCUT2D eigenvalue weighted by Gasteiger charge is -2.26. The summed E-state index contributed by atoms with van der Waals surface area (Å²) in [4.78, 5) is 38.2. The number of carbonyl (C=O) groups excluding carboxylic acids is 3. The minimum atomic E-state index is -0.809. The van der Waals surface area contributed by atoms with Gasteiger partial charge in [0.2, 0.25) is 12.2 Å². The lowest BCUT2D eigenvalue weighted by molar-refractivity contribution is -0.173. The van der Waals surface area contributed by atoms with Gasteiger partial charge in [0.1, 0.15) is 18.7 Å². The molecule has 8 nitrogen and oxygen atoms in total. The first-order chi connectivity index (χ1) is 13.4. The minimum absolute atomic E-state index is 0.0499. The zero-order valence-electron chi connectivity index (χ0n) is 16.1. The predicted molar refractivity (Wildman–Crippen MR) is 99.0 cm³/mol. The van der Waals surface area contributed by atoms with Crippen molar-refractivity contribution in [2.45, 2.75) is 64.2 Å². The van der Waals surface area contributed by atoms with E-state index in [0.29, 0.717) is 19.4 Å². The number of hydrogen-bond acceptors (Lipinski definition) is 6.